The summed E-state index contributed by atoms with van der Waals surface area (Å²) < 4.78 is 0. The van der Waals surface area contributed by atoms with E-state index in [1.807, 2.05) is 6.08 Å². The molecule has 0 fully saturated rings. The van der Waals surface area contributed by atoms with Gasteiger partial charge < -0.3 is 5.73 Å². The van der Waals surface area contributed by atoms with Gasteiger partial charge in [-0.3, -0.25) is 0 Å². The lowest BCUT2D eigenvalue weighted by Gasteiger charge is -1.93. The Kier molecular flexibility index (Phi) is 2.66. The number of thiophene rings is 1. The molecule has 1 aromatic heterocycles. The molecule has 0 amide bonds. The van der Waals surface area contributed by atoms with Crippen LogP contribution in [0.2, 0.25) is 0 Å². The van der Waals surface area contributed by atoms with E-state index in [4.69, 9.17) is 5.73 Å². The highest BCUT2D eigenvalue weighted by molar-refractivity contribution is 7.08. The van der Waals surface area contributed by atoms with Crippen molar-refractivity contribution in [2.45, 2.75) is 6.92 Å². The molecule has 1 aromatic rings. The lowest BCUT2D eigenvalue weighted by Crippen LogP contribution is -1.93. The molecule has 1 rings (SSSR count). The summed E-state index contributed by atoms with van der Waals surface area (Å²) in [6.07, 6.45) is 2.03. The molecule has 2 N–H and O–H groups in total. The molecule has 0 saturated heterocycles. The van der Waals surface area contributed by atoms with Crippen LogP contribution in [0.3, 0.4) is 0 Å². The molecule has 0 aliphatic rings. The monoisotopic (exact) mass is 153 g/mol. The van der Waals surface area contributed by atoms with E-state index in [1.54, 1.807) is 11.3 Å². The fraction of sp³-hybridized carbons (Fsp3) is 0.250. The van der Waals surface area contributed by atoms with Crippen LogP contribution in [0, 0.1) is 0 Å². The van der Waals surface area contributed by atoms with Crippen LogP contribution in [0.5, 0.6) is 0 Å². The van der Waals surface area contributed by atoms with Crippen molar-refractivity contribution < 1.29 is 0 Å². The third kappa shape index (κ3) is 1.69. The van der Waals surface area contributed by atoms with Crippen LogP contribution in [-0.4, -0.2) is 6.54 Å². The van der Waals surface area contributed by atoms with E-state index in [1.165, 1.54) is 11.1 Å². The quantitative estimate of drug-likeness (QED) is 0.692. The molecule has 1 nitrogen and oxygen atoms in total. The molecular formula is C8H11NS. The normalized spacial score (nSPS) is 12.0. The van der Waals surface area contributed by atoms with Crippen molar-refractivity contribution >= 4 is 16.9 Å². The summed E-state index contributed by atoms with van der Waals surface area (Å²) in [6.45, 7) is 2.70. The minimum absolute atomic E-state index is 0.627. The largest absolute Gasteiger partial charge is 0.327 e. The molecule has 54 valence electrons. The average molecular weight is 153 g/mol. The van der Waals surface area contributed by atoms with Crippen molar-refractivity contribution in [2.24, 2.45) is 5.73 Å². The summed E-state index contributed by atoms with van der Waals surface area (Å²) in [6, 6.07) is 2.10. The second-order valence-corrected chi connectivity index (χ2v) is 2.91. The number of hydrogen-bond donors (Lipinski definition) is 1. The van der Waals surface area contributed by atoms with E-state index in [-0.39, 0.29) is 0 Å². The standard InChI is InChI=1S/C8H11NS/c1-7(2-4-9)8-3-5-10-6-8/h2-3,5-6H,4,9H2,1H3. The molecule has 0 aromatic carbocycles. The average Bonchev–Trinajstić information content (AvgIpc) is 2.38. The smallest absolute Gasteiger partial charge is 0.0112 e. The van der Waals surface area contributed by atoms with Gasteiger partial charge in [0.2, 0.25) is 0 Å². The van der Waals surface area contributed by atoms with E-state index in [0.717, 1.165) is 0 Å². The topological polar surface area (TPSA) is 26.0 Å². The van der Waals surface area contributed by atoms with Crippen molar-refractivity contribution in [3.63, 3.8) is 0 Å². The van der Waals surface area contributed by atoms with E-state index in [9.17, 15) is 0 Å². The molecule has 1 heterocycles. The first-order valence-electron chi connectivity index (χ1n) is 3.24. The van der Waals surface area contributed by atoms with Crippen LogP contribution in [0.25, 0.3) is 5.57 Å². The minimum Gasteiger partial charge on any atom is -0.327 e. The SMILES string of the molecule is CC(=CCN)c1ccsc1. The van der Waals surface area contributed by atoms with Gasteiger partial charge in [-0.1, -0.05) is 6.08 Å². The van der Waals surface area contributed by atoms with Crippen molar-refractivity contribution in [3.05, 3.63) is 28.5 Å². The molecule has 0 aliphatic heterocycles. The summed E-state index contributed by atoms with van der Waals surface area (Å²) in [5, 5.41) is 4.20. The maximum Gasteiger partial charge on any atom is 0.0112 e. The first-order valence-corrected chi connectivity index (χ1v) is 4.18. The summed E-state index contributed by atoms with van der Waals surface area (Å²) in [7, 11) is 0. The maximum absolute atomic E-state index is 5.36. The van der Waals surface area contributed by atoms with E-state index in [0.29, 0.717) is 6.54 Å². The number of nitrogens with two attached hydrogens (primary N) is 1. The summed E-state index contributed by atoms with van der Waals surface area (Å²) in [5.41, 5.74) is 7.92. The summed E-state index contributed by atoms with van der Waals surface area (Å²) in [4.78, 5) is 0. The zero-order valence-corrected chi connectivity index (χ0v) is 6.82. The Hall–Kier alpha value is -0.600. The Morgan fingerprint density at radius 1 is 1.80 bits per heavy atom. The Balaban J connectivity index is 2.77. The summed E-state index contributed by atoms with van der Waals surface area (Å²) in [5.74, 6) is 0. The zero-order chi connectivity index (χ0) is 7.40. The van der Waals surface area contributed by atoms with Gasteiger partial charge in [0.05, 0.1) is 0 Å². The van der Waals surface area contributed by atoms with Crippen LogP contribution in [0.1, 0.15) is 12.5 Å². The fourth-order valence-electron chi connectivity index (χ4n) is 0.783. The molecular weight excluding hydrogens is 142 g/mol. The van der Waals surface area contributed by atoms with Gasteiger partial charge in [0.15, 0.2) is 0 Å². The number of rotatable bonds is 2. The number of hydrogen-bond acceptors (Lipinski definition) is 2. The van der Waals surface area contributed by atoms with Gasteiger partial charge in [-0.15, -0.1) is 0 Å². The predicted molar refractivity (Wildman–Crippen MR) is 47.0 cm³/mol. The molecule has 0 atom stereocenters. The lowest BCUT2D eigenvalue weighted by atomic mass is 10.1. The van der Waals surface area contributed by atoms with Crippen molar-refractivity contribution in [2.75, 3.05) is 6.54 Å². The van der Waals surface area contributed by atoms with Gasteiger partial charge in [-0.2, -0.15) is 11.3 Å². The van der Waals surface area contributed by atoms with Crippen LogP contribution in [-0.2, 0) is 0 Å². The second kappa shape index (κ2) is 3.54. The highest BCUT2D eigenvalue weighted by Crippen LogP contribution is 2.15. The Bertz CT molecular complexity index is 211. The van der Waals surface area contributed by atoms with Gasteiger partial charge in [0.1, 0.15) is 0 Å². The highest BCUT2D eigenvalue weighted by Gasteiger charge is 1.92. The molecule has 2 heteroatoms. The van der Waals surface area contributed by atoms with Crippen LogP contribution in [0.4, 0.5) is 0 Å². The minimum atomic E-state index is 0.627. The first-order chi connectivity index (χ1) is 4.84. The van der Waals surface area contributed by atoms with E-state index in [2.05, 4.69) is 23.8 Å². The third-order valence-corrected chi connectivity index (χ3v) is 2.08. The Morgan fingerprint density at radius 2 is 2.60 bits per heavy atom. The van der Waals surface area contributed by atoms with Gasteiger partial charge in [0, 0.05) is 6.54 Å². The lowest BCUT2D eigenvalue weighted by molar-refractivity contribution is 1.25. The van der Waals surface area contributed by atoms with E-state index < -0.39 is 0 Å². The van der Waals surface area contributed by atoms with Gasteiger partial charge in [-0.05, 0) is 34.9 Å². The highest BCUT2D eigenvalue weighted by atomic mass is 32.1. The van der Waals surface area contributed by atoms with Crippen molar-refractivity contribution in [1.82, 2.24) is 0 Å². The van der Waals surface area contributed by atoms with E-state index >= 15 is 0 Å². The molecule has 10 heavy (non-hydrogen) atoms. The molecule has 0 radical (unpaired) electrons. The van der Waals surface area contributed by atoms with Crippen LogP contribution >= 0.6 is 11.3 Å². The number of allylic oxidation sites excluding steroid dienone is 1. The van der Waals surface area contributed by atoms with Crippen molar-refractivity contribution in [1.29, 1.82) is 0 Å². The predicted octanol–water partition coefficient (Wildman–Crippen LogP) is 2.11. The second-order valence-electron chi connectivity index (χ2n) is 2.13. The molecule has 0 bridgehead atoms. The maximum atomic E-state index is 5.36. The molecule has 0 spiro atoms. The first kappa shape index (κ1) is 7.51. The Labute approximate surface area is 65.2 Å². The van der Waals surface area contributed by atoms with Gasteiger partial charge in [-0.25, -0.2) is 0 Å². The summed E-state index contributed by atoms with van der Waals surface area (Å²) >= 11 is 1.71. The molecule has 0 saturated carbocycles. The Morgan fingerprint density at radius 3 is 3.10 bits per heavy atom. The van der Waals surface area contributed by atoms with Crippen LogP contribution < -0.4 is 5.73 Å². The fourth-order valence-corrected chi connectivity index (χ4v) is 1.50. The zero-order valence-electron chi connectivity index (χ0n) is 6.00. The van der Waals surface area contributed by atoms with Gasteiger partial charge >= 0.3 is 0 Å². The van der Waals surface area contributed by atoms with Gasteiger partial charge in [0.25, 0.3) is 0 Å². The molecule has 0 unspecified atom stereocenters. The van der Waals surface area contributed by atoms with Crippen LogP contribution in [0.15, 0.2) is 22.9 Å². The third-order valence-electron chi connectivity index (χ3n) is 1.40. The van der Waals surface area contributed by atoms with Crippen molar-refractivity contribution in [3.8, 4) is 0 Å². The molecule has 0 aliphatic carbocycles.